The summed E-state index contributed by atoms with van der Waals surface area (Å²) >= 11 is 0. The number of hydrogen-bond donors (Lipinski definition) is 0. The zero-order valence-electron chi connectivity index (χ0n) is 17.5. The Balaban J connectivity index is 1.39. The Morgan fingerprint density at radius 1 is 0.967 bits per heavy atom. The van der Waals surface area contributed by atoms with Crippen molar-refractivity contribution in [3.63, 3.8) is 0 Å². The van der Waals surface area contributed by atoms with Gasteiger partial charge in [0.2, 0.25) is 5.88 Å². The van der Waals surface area contributed by atoms with Gasteiger partial charge in [-0.05, 0) is 74.9 Å². The van der Waals surface area contributed by atoms with E-state index < -0.39 is 0 Å². The van der Waals surface area contributed by atoms with Gasteiger partial charge >= 0.3 is 0 Å². The molecule has 4 atom stereocenters. The minimum Gasteiger partial charge on any atom is -0.440 e. The quantitative estimate of drug-likeness (QED) is 0.703. The predicted octanol–water partition coefficient (Wildman–Crippen LogP) is 4.60. The molecule has 4 aliphatic heterocycles. The summed E-state index contributed by atoms with van der Waals surface area (Å²) in [6.45, 7) is 3.58. The van der Waals surface area contributed by atoms with Crippen LogP contribution >= 0.6 is 0 Å². The van der Waals surface area contributed by atoms with Crippen molar-refractivity contribution in [2.45, 2.75) is 50.6 Å². The highest BCUT2D eigenvalue weighted by atomic mass is 16.5. The van der Waals surface area contributed by atoms with Gasteiger partial charge < -0.3 is 9.64 Å². The van der Waals surface area contributed by atoms with E-state index in [4.69, 9.17) is 4.74 Å². The molecule has 0 aromatic heterocycles. The third-order valence-corrected chi connectivity index (χ3v) is 8.02. The summed E-state index contributed by atoms with van der Waals surface area (Å²) in [4.78, 5) is 17.3. The van der Waals surface area contributed by atoms with E-state index >= 15 is 0 Å². The van der Waals surface area contributed by atoms with E-state index in [1.165, 1.54) is 44.2 Å². The zero-order valence-corrected chi connectivity index (χ0v) is 17.5. The molecule has 156 valence electrons. The molecule has 0 amide bonds. The smallest absolute Gasteiger partial charge is 0.202 e. The first kappa shape index (κ1) is 18.4. The lowest BCUT2D eigenvalue weighted by atomic mass is 9.68. The van der Waals surface area contributed by atoms with Crippen molar-refractivity contribution in [1.29, 1.82) is 0 Å². The molecule has 6 rings (SSSR count). The summed E-state index contributed by atoms with van der Waals surface area (Å²) in [5.41, 5.74) is 0.834. The van der Waals surface area contributed by atoms with Gasteiger partial charge in [0, 0.05) is 24.0 Å². The zero-order chi connectivity index (χ0) is 20.1. The molecule has 30 heavy (non-hydrogen) atoms. The molecule has 4 heterocycles. The number of hydrogen-bond acceptors (Lipinski definition) is 4. The summed E-state index contributed by atoms with van der Waals surface area (Å²) in [6, 6.07) is 15.8. The molecular weight excluding hydrogens is 372 g/mol. The SMILES string of the molecule is O=CC1=C(Oc2cccc3ccccc23)N2C[C@@H]3CCCN4CCC[C@@H]([C@H]34)[C@H]2CC1. The van der Waals surface area contributed by atoms with Crippen molar-refractivity contribution in [3.05, 3.63) is 53.9 Å². The van der Waals surface area contributed by atoms with E-state index in [0.29, 0.717) is 17.9 Å². The second-order valence-electron chi connectivity index (χ2n) is 9.52. The van der Waals surface area contributed by atoms with E-state index in [2.05, 4.69) is 40.1 Å². The number of benzene rings is 2. The van der Waals surface area contributed by atoms with Gasteiger partial charge in [-0.25, -0.2) is 0 Å². The Morgan fingerprint density at radius 3 is 2.70 bits per heavy atom. The highest BCUT2D eigenvalue weighted by Gasteiger charge is 2.50. The molecule has 4 heteroatoms. The second kappa shape index (κ2) is 7.42. The Kier molecular flexibility index (Phi) is 4.56. The number of nitrogens with zero attached hydrogens (tertiary/aromatic N) is 2. The van der Waals surface area contributed by atoms with Gasteiger partial charge in [0.05, 0.1) is 5.57 Å². The largest absolute Gasteiger partial charge is 0.440 e. The Bertz CT molecular complexity index is 992. The molecule has 0 spiro atoms. The number of allylic oxidation sites excluding steroid dienone is 1. The van der Waals surface area contributed by atoms with Crippen LogP contribution in [0.4, 0.5) is 0 Å². The maximum Gasteiger partial charge on any atom is 0.202 e. The molecule has 0 unspecified atom stereocenters. The van der Waals surface area contributed by atoms with Crippen molar-refractivity contribution in [2.75, 3.05) is 19.6 Å². The standard InChI is InChI=1S/C26H30N2O2/c29-17-20-12-13-23-22-10-5-15-27-14-4-8-19(25(22)27)16-28(23)26(20)30-24-11-3-7-18-6-1-2-9-21(18)24/h1-3,6-7,9,11,17,19,22-23,25H,4-5,8,10,12-16H2/t19-,22+,23+,25-/m0/s1. The summed E-state index contributed by atoms with van der Waals surface area (Å²) in [5.74, 6) is 3.09. The second-order valence-corrected chi connectivity index (χ2v) is 9.52. The monoisotopic (exact) mass is 402 g/mol. The van der Waals surface area contributed by atoms with Gasteiger partial charge in [-0.15, -0.1) is 0 Å². The summed E-state index contributed by atoms with van der Waals surface area (Å²) < 4.78 is 6.62. The lowest BCUT2D eigenvalue weighted by Gasteiger charge is -2.59. The summed E-state index contributed by atoms with van der Waals surface area (Å²) in [6.07, 6.45) is 8.18. The first-order chi connectivity index (χ1) is 14.8. The van der Waals surface area contributed by atoms with Crippen LogP contribution in [-0.2, 0) is 4.79 Å². The van der Waals surface area contributed by atoms with Crippen LogP contribution in [-0.4, -0.2) is 47.8 Å². The normalized spacial score (nSPS) is 31.3. The average Bonchev–Trinajstić information content (AvgIpc) is 2.80. The number of carbonyl (C=O) groups excluding carboxylic acids is 1. The van der Waals surface area contributed by atoms with Crippen LogP contribution in [0.2, 0.25) is 0 Å². The van der Waals surface area contributed by atoms with Crippen LogP contribution in [0.1, 0.15) is 38.5 Å². The maximum absolute atomic E-state index is 12.0. The number of ether oxygens (including phenoxy) is 1. The van der Waals surface area contributed by atoms with Crippen LogP contribution in [0.25, 0.3) is 10.8 Å². The molecule has 0 N–H and O–H groups in total. The van der Waals surface area contributed by atoms with E-state index in [0.717, 1.165) is 54.3 Å². The lowest BCUT2D eigenvalue weighted by molar-refractivity contribution is -0.107. The van der Waals surface area contributed by atoms with Crippen molar-refractivity contribution in [1.82, 2.24) is 9.80 Å². The predicted molar refractivity (Wildman–Crippen MR) is 118 cm³/mol. The first-order valence-corrected chi connectivity index (χ1v) is 11.7. The summed E-state index contributed by atoms with van der Waals surface area (Å²) in [7, 11) is 0. The maximum atomic E-state index is 12.0. The van der Waals surface area contributed by atoms with Gasteiger partial charge in [0.15, 0.2) is 6.29 Å². The Labute approximate surface area is 178 Å². The highest BCUT2D eigenvalue weighted by Crippen LogP contribution is 2.47. The molecule has 2 aromatic rings. The number of rotatable bonds is 3. The fraction of sp³-hybridized carbons (Fsp3) is 0.500. The van der Waals surface area contributed by atoms with Gasteiger partial charge in [0.1, 0.15) is 5.75 Å². The molecule has 4 nitrogen and oxygen atoms in total. The van der Waals surface area contributed by atoms with Gasteiger partial charge in [-0.1, -0.05) is 36.4 Å². The van der Waals surface area contributed by atoms with E-state index in [1.807, 2.05) is 12.1 Å². The molecule has 4 aliphatic rings. The minimum atomic E-state index is 0.501. The number of carbonyl (C=O) groups is 1. The first-order valence-electron chi connectivity index (χ1n) is 11.7. The minimum absolute atomic E-state index is 0.501. The van der Waals surface area contributed by atoms with Crippen LogP contribution in [0.15, 0.2) is 53.9 Å². The summed E-state index contributed by atoms with van der Waals surface area (Å²) in [5, 5.41) is 2.28. The third kappa shape index (κ3) is 2.88. The van der Waals surface area contributed by atoms with E-state index in [1.54, 1.807) is 0 Å². The molecule has 0 bridgehead atoms. The molecular formula is C26H30N2O2. The van der Waals surface area contributed by atoms with Crippen molar-refractivity contribution >= 4 is 17.1 Å². The number of piperidine rings is 3. The van der Waals surface area contributed by atoms with E-state index in [9.17, 15) is 4.79 Å². The fourth-order valence-corrected chi connectivity index (χ4v) is 6.82. The highest BCUT2D eigenvalue weighted by molar-refractivity contribution is 5.88. The molecule has 0 radical (unpaired) electrons. The lowest BCUT2D eigenvalue weighted by Crippen LogP contribution is -2.65. The molecule has 0 aliphatic carbocycles. The number of fused-ring (bicyclic) bond motifs is 3. The molecule has 3 fully saturated rings. The Morgan fingerprint density at radius 2 is 1.80 bits per heavy atom. The van der Waals surface area contributed by atoms with Gasteiger partial charge in [0.25, 0.3) is 0 Å². The molecule has 2 aromatic carbocycles. The van der Waals surface area contributed by atoms with Crippen molar-refractivity contribution in [3.8, 4) is 5.75 Å². The molecule has 0 saturated carbocycles. The van der Waals surface area contributed by atoms with Crippen LogP contribution < -0.4 is 4.74 Å². The van der Waals surface area contributed by atoms with Crippen molar-refractivity contribution in [2.24, 2.45) is 11.8 Å². The number of aldehydes is 1. The van der Waals surface area contributed by atoms with Crippen molar-refractivity contribution < 1.29 is 9.53 Å². The van der Waals surface area contributed by atoms with Gasteiger partial charge in [-0.2, -0.15) is 0 Å². The Hall–Kier alpha value is -2.33. The third-order valence-electron chi connectivity index (χ3n) is 8.02. The van der Waals surface area contributed by atoms with Crippen LogP contribution in [0.3, 0.4) is 0 Å². The van der Waals surface area contributed by atoms with Gasteiger partial charge in [-0.3, -0.25) is 9.69 Å². The van der Waals surface area contributed by atoms with Crippen LogP contribution in [0, 0.1) is 11.8 Å². The van der Waals surface area contributed by atoms with E-state index in [-0.39, 0.29) is 0 Å². The molecule has 3 saturated heterocycles. The topological polar surface area (TPSA) is 32.8 Å². The average molecular weight is 403 g/mol. The van der Waals surface area contributed by atoms with Crippen LogP contribution in [0.5, 0.6) is 5.75 Å². The fourth-order valence-electron chi connectivity index (χ4n) is 6.82.